The fraction of sp³-hybridized carbons (Fsp3) is 0.556. The van der Waals surface area contributed by atoms with Crippen molar-refractivity contribution < 1.29 is 14.3 Å². The highest BCUT2D eigenvalue weighted by Gasteiger charge is 2.28. The molecule has 1 saturated heterocycles. The van der Waals surface area contributed by atoms with Gasteiger partial charge in [0.2, 0.25) is 5.91 Å². The second kappa shape index (κ2) is 9.15. The number of benzene rings is 1. The van der Waals surface area contributed by atoms with Gasteiger partial charge in [0.15, 0.2) is 0 Å². The van der Waals surface area contributed by atoms with E-state index in [2.05, 4.69) is 10.6 Å². The molecule has 0 aliphatic carbocycles. The smallest absolute Gasteiger partial charge is 0.317 e. The van der Waals surface area contributed by atoms with Crippen LogP contribution >= 0.6 is 0 Å². The van der Waals surface area contributed by atoms with Crippen LogP contribution in [-0.2, 0) is 11.3 Å². The van der Waals surface area contributed by atoms with E-state index in [1.165, 1.54) is 0 Å². The van der Waals surface area contributed by atoms with E-state index in [0.29, 0.717) is 32.8 Å². The Balaban J connectivity index is 1.89. The third kappa shape index (κ3) is 4.88. The molecule has 3 amide bonds. The van der Waals surface area contributed by atoms with E-state index in [0.717, 1.165) is 24.2 Å². The SMILES string of the molecule is CCNC(=O)C1CCCN(C(=O)NCc2ccccc2OCC)C1. The number of carbonyl (C=O) groups is 2. The highest BCUT2D eigenvalue weighted by atomic mass is 16.5. The molecular weight excluding hydrogens is 306 g/mol. The molecule has 1 aromatic carbocycles. The summed E-state index contributed by atoms with van der Waals surface area (Å²) in [6.07, 6.45) is 1.69. The molecule has 6 nitrogen and oxygen atoms in total. The van der Waals surface area contributed by atoms with Crippen molar-refractivity contribution in [2.24, 2.45) is 5.92 Å². The molecule has 1 fully saturated rings. The lowest BCUT2D eigenvalue weighted by Gasteiger charge is -2.32. The number of likely N-dealkylation sites (tertiary alicyclic amines) is 1. The summed E-state index contributed by atoms with van der Waals surface area (Å²) in [7, 11) is 0. The Morgan fingerprint density at radius 3 is 2.79 bits per heavy atom. The molecule has 1 aliphatic rings. The van der Waals surface area contributed by atoms with Crippen LogP contribution in [0.3, 0.4) is 0 Å². The molecule has 1 aromatic rings. The van der Waals surface area contributed by atoms with Crippen molar-refractivity contribution >= 4 is 11.9 Å². The number of nitrogens with one attached hydrogen (secondary N) is 2. The second-order valence-electron chi connectivity index (χ2n) is 5.88. The average Bonchev–Trinajstić information content (AvgIpc) is 2.61. The van der Waals surface area contributed by atoms with Crippen LogP contribution in [0.25, 0.3) is 0 Å². The maximum atomic E-state index is 12.4. The Morgan fingerprint density at radius 1 is 1.25 bits per heavy atom. The van der Waals surface area contributed by atoms with Gasteiger partial charge >= 0.3 is 6.03 Å². The zero-order valence-electron chi connectivity index (χ0n) is 14.5. The van der Waals surface area contributed by atoms with Gasteiger partial charge in [0.05, 0.1) is 12.5 Å². The standard InChI is InChI=1S/C18H27N3O3/c1-3-19-17(22)15-9-7-11-21(13-15)18(23)20-12-14-8-5-6-10-16(14)24-4-2/h5-6,8,10,15H,3-4,7,9,11-13H2,1-2H3,(H,19,22)(H,20,23). The lowest BCUT2D eigenvalue weighted by atomic mass is 9.97. The molecule has 132 valence electrons. The van der Waals surface area contributed by atoms with E-state index in [-0.39, 0.29) is 17.9 Å². The molecule has 2 rings (SSSR count). The number of amides is 3. The number of urea groups is 1. The van der Waals surface area contributed by atoms with Crippen LogP contribution in [0.4, 0.5) is 4.79 Å². The maximum absolute atomic E-state index is 12.4. The number of nitrogens with zero attached hydrogens (tertiary/aromatic N) is 1. The van der Waals surface area contributed by atoms with Gasteiger partial charge in [-0.3, -0.25) is 4.79 Å². The summed E-state index contributed by atoms with van der Waals surface area (Å²) in [6, 6.07) is 7.56. The van der Waals surface area contributed by atoms with Gasteiger partial charge in [-0.05, 0) is 32.8 Å². The predicted octanol–water partition coefficient (Wildman–Crippen LogP) is 2.14. The molecule has 2 N–H and O–H groups in total. The van der Waals surface area contributed by atoms with E-state index >= 15 is 0 Å². The van der Waals surface area contributed by atoms with Crippen molar-refractivity contribution in [2.75, 3.05) is 26.2 Å². The fourth-order valence-corrected chi connectivity index (χ4v) is 2.92. The third-order valence-electron chi connectivity index (χ3n) is 4.13. The predicted molar refractivity (Wildman–Crippen MR) is 92.8 cm³/mol. The molecule has 1 aliphatic heterocycles. The van der Waals surface area contributed by atoms with E-state index in [4.69, 9.17) is 4.74 Å². The first kappa shape index (κ1) is 18.1. The zero-order chi connectivity index (χ0) is 17.4. The molecule has 0 bridgehead atoms. The summed E-state index contributed by atoms with van der Waals surface area (Å²) in [5.41, 5.74) is 0.949. The average molecular weight is 333 g/mol. The van der Waals surface area contributed by atoms with Crippen molar-refractivity contribution in [1.29, 1.82) is 0 Å². The van der Waals surface area contributed by atoms with E-state index < -0.39 is 0 Å². The summed E-state index contributed by atoms with van der Waals surface area (Å²) in [4.78, 5) is 26.1. The van der Waals surface area contributed by atoms with Crippen LogP contribution in [0.15, 0.2) is 24.3 Å². The molecule has 0 radical (unpaired) electrons. The summed E-state index contributed by atoms with van der Waals surface area (Å²) in [6.45, 7) is 6.63. The summed E-state index contributed by atoms with van der Waals surface area (Å²) >= 11 is 0. The Bertz CT molecular complexity index is 562. The largest absolute Gasteiger partial charge is 0.494 e. The molecule has 1 unspecified atom stereocenters. The minimum atomic E-state index is -0.129. The van der Waals surface area contributed by atoms with Crippen LogP contribution in [0.5, 0.6) is 5.75 Å². The van der Waals surface area contributed by atoms with Gasteiger partial charge in [-0.1, -0.05) is 18.2 Å². The van der Waals surface area contributed by atoms with Crippen molar-refractivity contribution in [3.8, 4) is 5.75 Å². The normalized spacial score (nSPS) is 17.2. The molecule has 0 aromatic heterocycles. The monoisotopic (exact) mass is 333 g/mol. The zero-order valence-corrected chi connectivity index (χ0v) is 14.5. The Kier molecular flexibility index (Phi) is 6.90. The quantitative estimate of drug-likeness (QED) is 0.838. The van der Waals surface area contributed by atoms with Gasteiger partial charge in [0.25, 0.3) is 0 Å². The van der Waals surface area contributed by atoms with E-state index in [1.807, 2.05) is 38.1 Å². The van der Waals surface area contributed by atoms with Gasteiger partial charge in [-0.25, -0.2) is 4.79 Å². The van der Waals surface area contributed by atoms with Gasteiger partial charge < -0.3 is 20.3 Å². The van der Waals surface area contributed by atoms with Gasteiger partial charge in [-0.15, -0.1) is 0 Å². The van der Waals surface area contributed by atoms with Crippen molar-refractivity contribution in [3.05, 3.63) is 29.8 Å². The highest BCUT2D eigenvalue weighted by molar-refractivity contribution is 5.80. The first-order valence-electron chi connectivity index (χ1n) is 8.66. The molecule has 0 spiro atoms. The summed E-state index contributed by atoms with van der Waals surface area (Å²) in [5.74, 6) is 0.719. The number of hydrogen-bond donors (Lipinski definition) is 2. The summed E-state index contributed by atoms with van der Waals surface area (Å²) < 4.78 is 5.57. The van der Waals surface area contributed by atoms with Crippen LogP contribution in [0, 0.1) is 5.92 Å². The second-order valence-corrected chi connectivity index (χ2v) is 5.88. The number of ether oxygens (including phenoxy) is 1. The topological polar surface area (TPSA) is 70.7 Å². The van der Waals surface area contributed by atoms with Gasteiger partial charge in [-0.2, -0.15) is 0 Å². The van der Waals surface area contributed by atoms with Crippen molar-refractivity contribution in [3.63, 3.8) is 0 Å². The molecule has 1 atom stereocenters. The lowest BCUT2D eigenvalue weighted by Crippen LogP contribution is -2.48. The van der Waals surface area contributed by atoms with E-state index in [9.17, 15) is 9.59 Å². The van der Waals surface area contributed by atoms with Crippen LogP contribution in [-0.4, -0.2) is 43.1 Å². The Labute approximate surface area is 143 Å². The molecule has 24 heavy (non-hydrogen) atoms. The van der Waals surface area contributed by atoms with Crippen LogP contribution in [0.2, 0.25) is 0 Å². The van der Waals surface area contributed by atoms with E-state index in [1.54, 1.807) is 4.90 Å². The highest BCUT2D eigenvalue weighted by Crippen LogP contribution is 2.19. The van der Waals surface area contributed by atoms with Crippen LogP contribution < -0.4 is 15.4 Å². The number of rotatable bonds is 6. The third-order valence-corrected chi connectivity index (χ3v) is 4.13. The molecular formula is C18H27N3O3. The van der Waals surface area contributed by atoms with Crippen molar-refractivity contribution in [1.82, 2.24) is 15.5 Å². The van der Waals surface area contributed by atoms with Gasteiger partial charge in [0.1, 0.15) is 5.75 Å². The first-order chi connectivity index (χ1) is 11.7. The summed E-state index contributed by atoms with van der Waals surface area (Å²) in [5, 5.41) is 5.77. The number of carbonyl (C=O) groups excluding carboxylic acids is 2. The fourth-order valence-electron chi connectivity index (χ4n) is 2.92. The molecule has 6 heteroatoms. The maximum Gasteiger partial charge on any atom is 0.317 e. The lowest BCUT2D eigenvalue weighted by molar-refractivity contribution is -0.126. The van der Waals surface area contributed by atoms with Crippen LogP contribution in [0.1, 0.15) is 32.3 Å². The molecule has 0 saturated carbocycles. The molecule has 1 heterocycles. The Morgan fingerprint density at radius 2 is 2.04 bits per heavy atom. The Hall–Kier alpha value is -2.24. The first-order valence-corrected chi connectivity index (χ1v) is 8.66. The number of hydrogen-bond acceptors (Lipinski definition) is 3. The number of para-hydroxylation sites is 1. The number of piperidine rings is 1. The van der Waals surface area contributed by atoms with Crippen molar-refractivity contribution in [2.45, 2.75) is 33.2 Å². The van der Waals surface area contributed by atoms with Gasteiger partial charge in [0, 0.05) is 31.7 Å². The minimum Gasteiger partial charge on any atom is -0.494 e. The minimum absolute atomic E-state index is 0.0386.